The lowest BCUT2D eigenvalue weighted by molar-refractivity contribution is 0.0784. The first-order valence-corrected chi connectivity index (χ1v) is 8.42. The number of benzene rings is 1. The topological polar surface area (TPSA) is 58.6 Å². The van der Waals surface area contributed by atoms with E-state index in [2.05, 4.69) is 17.9 Å². The van der Waals surface area contributed by atoms with Crippen molar-refractivity contribution in [3.63, 3.8) is 0 Å². The molecular weight excluding hydrogens is 312 g/mol. The number of piperidine rings is 1. The van der Waals surface area contributed by atoms with Gasteiger partial charge in [-0.05, 0) is 30.9 Å². The molecule has 0 radical (unpaired) electrons. The van der Waals surface area contributed by atoms with Crippen LogP contribution in [0.3, 0.4) is 0 Å². The van der Waals surface area contributed by atoms with Crippen LogP contribution in [0, 0.1) is 5.92 Å². The number of amides is 2. The first-order valence-electron chi connectivity index (χ1n) is 7.98. The van der Waals surface area contributed by atoms with Gasteiger partial charge in [-0.3, -0.25) is 4.79 Å². The molecule has 0 atom stereocenters. The fraction of sp³-hybridized carbons (Fsp3) is 0.529. The predicted molar refractivity (Wildman–Crippen MR) is 91.9 cm³/mol. The quantitative estimate of drug-likeness (QED) is 0.831. The Kier molecular flexibility index (Phi) is 6.33. The van der Waals surface area contributed by atoms with Crippen molar-refractivity contribution in [1.29, 1.82) is 0 Å². The van der Waals surface area contributed by atoms with Crippen LogP contribution >= 0.6 is 12.6 Å². The average Bonchev–Trinajstić information content (AvgIpc) is 2.53. The first kappa shape index (κ1) is 17.7. The van der Waals surface area contributed by atoms with E-state index in [0.717, 1.165) is 12.8 Å². The van der Waals surface area contributed by atoms with Gasteiger partial charge in [0.05, 0.1) is 12.2 Å². The molecule has 1 aromatic carbocycles. The number of thiol groups is 1. The molecule has 5 nitrogen and oxygen atoms in total. The van der Waals surface area contributed by atoms with Crippen LogP contribution in [0.25, 0.3) is 0 Å². The fourth-order valence-corrected chi connectivity index (χ4v) is 2.73. The Morgan fingerprint density at radius 1 is 1.30 bits per heavy atom. The Hall–Kier alpha value is -1.69. The number of hydrogen-bond donors (Lipinski definition) is 2. The zero-order valence-electron chi connectivity index (χ0n) is 13.6. The maximum atomic E-state index is 12.3. The number of rotatable bonds is 4. The first-order chi connectivity index (χ1) is 11.0. The molecule has 126 valence electrons. The lowest BCUT2D eigenvalue weighted by atomic mass is 10.0. The van der Waals surface area contributed by atoms with E-state index in [1.165, 1.54) is 0 Å². The summed E-state index contributed by atoms with van der Waals surface area (Å²) in [6, 6.07) is 7.30. The number of nitrogens with one attached hydrogen (secondary N) is 1. The van der Waals surface area contributed by atoms with Crippen molar-refractivity contribution >= 4 is 24.6 Å². The van der Waals surface area contributed by atoms with Crippen molar-refractivity contribution in [3.05, 3.63) is 29.8 Å². The minimum atomic E-state index is -0.260. The molecule has 1 heterocycles. The molecule has 0 spiro atoms. The molecule has 23 heavy (non-hydrogen) atoms. The molecule has 6 heteroatoms. The highest BCUT2D eigenvalue weighted by Crippen LogP contribution is 2.16. The second-order valence-corrected chi connectivity index (χ2v) is 6.70. The second-order valence-electron chi connectivity index (χ2n) is 6.22. The zero-order valence-corrected chi connectivity index (χ0v) is 14.5. The summed E-state index contributed by atoms with van der Waals surface area (Å²) in [6.45, 7) is 5.66. The number of carbonyl (C=O) groups excluding carboxylic acids is 2. The molecule has 0 aliphatic carbocycles. The van der Waals surface area contributed by atoms with Gasteiger partial charge in [-0.1, -0.05) is 26.0 Å². The van der Waals surface area contributed by atoms with Crippen molar-refractivity contribution < 1.29 is 14.3 Å². The summed E-state index contributed by atoms with van der Waals surface area (Å²) in [4.78, 5) is 26.5. The molecule has 1 saturated heterocycles. The van der Waals surface area contributed by atoms with E-state index in [1.54, 1.807) is 17.0 Å². The minimum Gasteiger partial charge on any atom is -0.449 e. The fourth-order valence-electron chi connectivity index (χ4n) is 2.46. The average molecular weight is 336 g/mol. The number of hydrogen-bond acceptors (Lipinski definition) is 4. The van der Waals surface area contributed by atoms with Crippen LogP contribution in [0.15, 0.2) is 29.2 Å². The summed E-state index contributed by atoms with van der Waals surface area (Å²) in [5.41, 5.74) is 0.578. The van der Waals surface area contributed by atoms with Crippen LogP contribution in [0.1, 0.15) is 37.0 Å². The lowest BCUT2D eigenvalue weighted by Gasteiger charge is -2.32. The normalized spacial score (nSPS) is 15.6. The van der Waals surface area contributed by atoms with E-state index in [1.807, 2.05) is 26.0 Å². The van der Waals surface area contributed by atoms with Crippen molar-refractivity contribution in [3.8, 4) is 0 Å². The highest BCUT2D eigenvalue weighted by molar-refractivity contribution is 7.80. The molecule has 1 aliphatic heterocycles. The Balaban J connectivity index is 1.80. The SMILES string of the molecule is CC(C)COC(=O)N1CCC(NC(=O)c2ccccc2S)CC1. The molecule has 2 rings (SSSR count). The maximum Gasteiger partial charge on any atom is 0.409 e. The number of nitrogens with zero attached hydrogens (tertiary/aromatic N) is 1. The molecule has 1 aliphatic rings. The summed E-state index contributed by atoms with van der Waals surface area (Å²) >= 11 is 4.31. The molecule has 0 bridgehead atoms. The Morgan fingerprint density at radius 3 is 2.57 bits per heavy atom. The number of carbonyl (C=O) groups is 2. The zero-order chi connectivity index (χ0) is 16.8. The standard InChI is InChI=1S/C17H24N2O3S/c1-12(2)11-22-17(21)19-9-7-13(8-10-19)18-16(20)14-5-3-4-6-15(14)23/h3-6,12-13,23H,7-11H2,1-2H3,(H,18,20). The Labute approximate surface area is 142 Å². The highest BCUT2D eigenvalue weighted by Gasteiger charge is 2.25. The summed E-state index contributed by atoms with van der Waals surface area (Å²) in [6.07, 6.45) is 1.21. The summed E-state index contributed by atoms with van der Waals surface area (Å²) in [5.74, 6) is 0.216. The second kappa shape index (κ2) is 8.24. The third kappa shape index (κ3) is 5.16. The minimum absolute atomic E-state index is 0.0737. The Morgan fingerprint density at radius 2 is 1.96 bits per heavy atom. The van der Waals surface area contributed by atoms with E-state index in [4.69, 9.17) is 4.74 Å². The third-order valence-electron chi connectivity index (χ3n) is 3.78. The monoisotopic (exact) mass is 336 g/mol. The van der Waals surface area contributed by atoms with Crippen LogP contribution in [0.4, 0.5) is 4.79 Å². The van der Waals surface area contributed by atoms with Gasteiger partial charge < -0.3 is 15.0 Å². The maximum absolute atomic E-state index is 12.3. The number of likely N-dealkylation sites (tertiary alicyclic amines) is 1. The molecule has 1 aromatic rings. The lowest BCUT2D eigenvalue weighted by Crippen LogP contribution is -2.46. The van der Waals surface area contributed by atoms with Gasteiger partial charge in [0.25, 0.3) is 5.91 Å². The van der Waals surface area contributed by atoms with Crippen LogP contribution in [-0.2, 0) is 4.74 Å². The van der Waals surface area contributed by atoms with E-state index in [0.29, 0.717) is 36.1 Å². The van der Waals surface area contributed by atoms with Crippen LogP contribution in [0.2, 0.25) is 0 Å². The van der Waals surface area contributed by atoms with Gasteiger partial charge in [-0.15, -0.1) is 12.6 Å². The van der Waals surface area contributed by atoms with Crippen LogP contribution in [0.5, 0.6) is 0 Å². The summed E-state index contributed by atoms with van der Waals surface area (Å²) < 4.78 is 5.23. The molecular formula is C17H24N2O3S. The summed E-state index contributed by atoms with van der Waals surface area (Å²) in [7, 11) is 0. The predicted octanol–water partition coefficient (Wildman–Crippen LogP) is 2.96. The van der Waals surface area contributed by atoms with Crippen LogP contribution in [-0.4, -0.2) is 42.6 Å². The molecule has 0 unspecified atom stereocenters. The van der Waals surface area contributed by atoms with E-state index in [9.17, 15) is 9.59 Å². The van der Waals surface area contributed by atoms with Gasteiger partial charge in [0.2, 0.25) is 0 Å². The molecule has 0 saturated carbocycles. The van der Waals surface area contributed by atoms with E-state index in [-0.39, 0.29) is 18.0 Å². The van der Waals surface area contributed by atoms with Gasteiger partial charge in [0.15, 0.2) is 0 Å². The van der Waals surface area contributed by atoms with Crippen molar-refractivity contribution in [2.24, 2.45) is 5.92 Å². The van der Waals surface area contributed by atoms with Crippen molar-refractivity contribution in [1.82, 2.24) is 10.2 Å². The van der Waals surface area contributed by atoms with E-state index < -0.39 is 0 Å². The molecule has 0 aromatic heterocycles. The van der Waals surface area contributed by atoms with Crippen molar-refractivity contribution in [2.75, 3.05) is 19.7 Å². The van der Waals surface area contributed by atoms with Crippen molar-refractivity contribution in [2.45, 2.75) is 37.6 Å². The molecule has 1 N–H and O–H groups in total. The summed E-state index contributed by atoms with van der Waals surface area (Å²) in [5, 5.41) is 3.02. The van der Waals surface area contributed by atoms with Gasteiger partial charge in [0, 0.05) is 24.0 Å². The van der Waals surface area contributed by atoms with Crippen LogP contribution < -0.4 is 5.32 Å². The van der Waals surface area contributed by atoms with Gasteiger partial charge >= 0.3 is 6.09 Å². The largest absolute Gasteiger partial charge is 0.449 e. The molecule has 2 amide bonds. The number of ether oxygens (including phenoxy) is 1. The van der Waals surface area contributed by atoms with Gasteiger partial charge in [-0.25, -0.2) is 4.79 Å². The third-order valence-corrected chi connectivity index (χ3v) is 4.17. The van der Waals surface area contributed by atoms with E-state index >= 15 is 0 Å². The highest BCUT2D eigenvalue weighted by atomic mass is 32.1. The smallest absolute Gasteiger partial charge is 0.409 e. The van der Waals surface area contributed by atoms with Gasteiger partial charge in [-0.2, -0.15) is 0 Å². The van der Waals surface area contributed by atoms with Gasteiger partial charge in [0.1, 0.15) is 0 Å². The Bertz CT molecular complexity index is 555. The molecule has 1 fully saturated rings.